The van der Waals surface area contributed by atoms with E-state index in [1.165, 1.54) is 4.90 Å². The highest BCUT2D eigenvalue weighted by molar-refractivity contribution is 6.46. The Morgan fingerprint density at radius 3 is 2.17 bits per heavy atom. The molecular weight excluding hydrogens is 406 g/mol. The Hall–Kier alpha value is -3.12. The third-order valence-corrected chi connectivity index (χ3v) is 5.40. The molecule has 30 heavy (non-hydrogen) atoms. The highest BCUT2D eigenvalue weighted by atomic mass is 35.5. The van der Waals surface area contributed by atoms with Crippen molar-refractivity contribution in [2.45, 2.75) is 32.2 Å². The van der Waals surface area contributed by atoms with Crippen LogP contribution in [0.5, 0.6) is 0 Å². The van der Waals surface area contributed by atoms with E-state index in [1.807, 2.05) is 12.1 Å². The molecule has 0 spiro atoms. The molecule has 156 valence electrons. The van der Waals surface area contributed by atoms with Gasteiger partial charge in [0.25, 0.3) is 11.7 Å². The first-order valence-electron chi connectivity index (χ1n) is 9.56. The molecule has 1 aliphatic rings. The van der Waals surface area contributed by atoms with E-state index >= 15 is 0 Å². The number of aliphatic carboxylic acids is 1. The van der Waals surface area contributed by atoms with Crippen LogP contribution in [-0.2, 0) is 14.4 Å². The molecule has 3 rings (SSSR count). The number of carboxylic acids is 1. The molecule has 0 aliphatic carbocycles. The number of carbonyl (C=O) groups excluding carboxylic acids is 2. The summed E-state index contributed by atoms with van der Waals surface area (Å²) < 4.78 is 0. The molecule has 1 unspecified atom stereocenters. The zero-order valence-electron chi connectivity index (χ0n) is 16.6. The van der Waals surface area contributed by atoms with E-state index in [4.69, 9.17) is 16.7 Å². The molecule has 1 atom stereocenters. The minimum Gasteiger partial charge on any atom is -0.507 e. The van der Waals surface area contributed by atoms with Crippen LogP contribution in [0.4, 0.5) is 0 Å². The van der Waals surface area contributed by atoms with Crippen LogP contribution in [0.25, 0.3) is 5.76 Å². The van der Waals surface area contributed by atoms with Crippen LogP contribution >= 0.6 is 11.6 Å². The van der Waals surface area contributed by atoms with Gasteiger partial charge in [-0.05, 0) is 41.3 Å². The number of likely N-dealkylation sites (tertiary alicyclic amines) is 1. The van der Waals surface area contributed by atoms with Gasteiger partial charge in [-0.1, -0.05) is 49.7 Å². The van der Waals surface area contributed by atoms with Crippen molar-refractivity contribution in [3.05, 3.63) is 75.8 Å². The third kappa shape index (κ3) is 4.24. The van der Waals surface area contributed by atoms with Crippen LogP contribution in [0.3, 0.4) is 0 Å². The Morgan fingerprint density at radius 1 is 1.03 bits per heavy atom. The van der Waals surface area contributed by atoms with Gasteiger partial charge in [0.1, 0.15) is 5.76 Å². The average molecular weight is 428 g/mol. The van der Waals surface area contributed by atoms with Gasteiger partial charge in [-0.2, -0.15) is 0 Å². The van der Waals surface area contributed by atoms with Crippen LogP contribution < -0.4 is 0 Å². The molecular formula is C23H22ClNO5. The second-order valence-electron chi connectivity index (χ2n) is 7.46. The summed E-state index contributed by atoms with van der Waals surface area (Å²) in [5.74, 6) is -2.77. The lowest BCUT2D eigenvalue weighted by Gasteiger charge is -2.25. The topological polar surface area (TPSA) is 94.9 Å². The number of ketones is 1. The highest BCUT2D eigenvalue weighted by Crippen LogP contribution is 2.39. The van der Waals surface area contributed by atoms with E-state index in [-0.39, 0.29) is 24.3 Å². The number of carbonyl (C=O) groups is 3. The largest absolute Gasteiger partial charge is 0.507 e. The van der Waals surface area contributed by atoms with Gasteiger partial charge in [0.05, 0.1) is 18.0 Å². The zero-order valence-corrected chi connectivity index (χ0v) is 17.4. The minimum absolute atomic E-state index is 0.0648. The number of nitrogens with zero attached hydrogens (tertiary/aromatic N) is 1. The monoisotopic (exact) mass is 427 g/mol. The van der Waals surface area contributed by atoms with Gasteiger partial charge in [0.2, 0.25) is 0 Å². The molecule has 1 heterocycles. The summed E-state index contributed by atoms with van der Waals surface area (Å²) in [5, 5.41) is 20.4. The first-order valence-corrected chi connectivity index (χ1v) is 9.94. The Balaban J connectivity index is 2.13. The van der Waals surface area contributed by atoms with Gasteiger partial charge in [-0.25, -0.2) is 0 Å². The fraction of sp³-hybridized carbons (Fsp3) is 0.261. The number of aliphatic hydroxyl groups excluding tert-OH is 1. The van der Waals surface area contributed by atoms with Gasteiger partial charge in [0.15, 0.2) is 0 Å². The number of aliphatic hydroxyl groups is 1. The number of rotatable bonds is 6. The smallest absolute Gasteiger partial charge is 0.305 e. The third-order valence-electron chi connectivity index (χ3n) is 5.14. The maximum Gasteiger partial charge on any atom is 0.305 e. The molecule has 7 heteroatoms. The van der Waals surface area contributed by atoms with Gasteiger partial charge in [-0.15, -0.1) is 0 Å². The van der Waals surface area contributed by atoms with Gasteiger partial charge < -0.3 is 15.1 Å². The van der Waals surface area contributed by atoms with Crippen molar-refractivity contribution < 1.29 is 24.6 Å². The molecule has 1 aliphatic heterocycles. The quantitative estimate of drug-likeness (QED) is 0.405. The lowest BCUT2D eigenvalue weighted by molar-refractivity contribution is -0.142. The van der Waals surface area contributed by atoms with Gasteiger partial charge >= 0.3 is 5.97 Å². The molecule has 0 aromatic heterocycles. The second kappa shape index (κ2) is 8.71. The minimum atomic E-state index is -1.08. The first-order chi connectivity index (χ1) is 14.2. The number of amides is 1. The van der Waals surface area contributed by atoms with Crippen molar-refractivity contribution in [1.29, 1.82) is 0 Å². The van der Waals surface area contributed by atoms with Gasteiger partial charge in [0, 0.05) is 17.1 Å². The summed E-state index contributed by atoms with van der Waals surface area (Å²) in [7, 11) is 0. The summed E-state index contributed by atoms with van der Waals surface area (Å²) in [5.41, 5.74) is 1.99. The number of benzene rings is 2. The van der Waals surface area contributed by atoms with Crippen molar-refractivity contribution in [2.75, 3.05) is 6.54 Å². The van der Waals surface area contributed by atoms with Crippen LogP contribution in [-0.4, -0.2) is 39.3 Å². The van der Waals surface area contributed by atoms with E-state index < -0.39 is 23.7 Å². The molecule has 0 bridgehead atoms. The number of Topliss-reactive ketones (excluding diaryl/α,β-unsaturated/α-hetero) is 1. The number of carboxylic acid groups (broad SMARTS) is 1. The molecule has 2 aromatic rings. The molecule has 2 aromatic carbocycles. The molecule has 1 amide bonds. The fourth-order valence-electron chi connectivity index (χ4n) is 3.50. The Morgan fingerprint density at radius 2 is 1.63 bits per heavy atom. The van der Waals surface area contributed by atoms with Crippen molar-refractivity contribution in [3.8, 4) is 0 Å². The van der Waals surface area contributed by atoms with Crippen LogP contribution in [0, 0.1) is 0 Å². The van der Waals surface area contributed by atoms with Crippen molar-refractivity contribution in [2.24, 2.45) is 0 Å². The fourth-order valence-corrected chi connectivity index (χ4v) is 3.63. The first kappa shape index (κ1) is 21.6. The molecule has 0 saturated carbocycles. The van der Waals surface area contributed by atoms with Crippen LogP contribution in [0.1, 0.15) is 48.9 Å². The summed E-state index contributed by atoms with van der Waals surface area (Å²) >= 11 is 5.90. The second-order valence-corrected chi connectivity index (χ2v) is 7.90. The highest BCUT2D eigenvalue weighted by Gasteiger charge is 2.46. The van der Waals surface area contributed by atoms with Crippen LogP contribution in [0.15, 0.2) is 54.1 Å². The molecule has 1 fully saturated rings. The van der Waals surface area contributed by atoms with Crippen LogP contribution in [0.2, 0.25) is 5.02 Å². The molecule has 6 nitrogen and oxygen atoms in total. The van der Waals surface area contributed by atoms with E-state index in [0.717, 1.165) is 5.56 Å². The van der Waals surface area contributed by atoms with Crippen molar-refractivity contribution in [3.63, 3.8) is 0 Å². The lowest BCUT2D eigenvalue weighted by atomic mass is 9.93. The number of halogens is 1. The van der Waals surface area contributed by atoms with E-state index in [0.29, 0.717) is 22.1 Å². The zero-order chi connectivity index (χ0) is 22.0. The molecule has 1 saturated heterocycles. The summed E-state index contributed by atoms with van der Waals surface area (Å²) in [6.07, 6.45) is -0.311. The number of hydrogen-bond acceptors (Lipinski definition) is 4. The molecule has 2 N–H and O–H groups in total. The van der Waals surface area contributed by atoms with E-state index in [2.05, 4.69) is 13.8 Å². The Labute approximate surface area is 179 Å². The predicted octanol–water partition coefficient (Wildman–Crippen LogP) is 4.36. The predicted molar refractivity (Wildman–Crippen MR) is 113 cm³/mol. The average Bonchev–Trinajstić information content (AvgIpc) is 2.97. The Kier molecular flexibility index (Phi) is 6.27. The van der Waals surface area contributed by atoms with Gasteiger partial charge in [-0.3, -0.25) is 14.4 Å². The normalized spacial score (nSPS) is 18.3. The summed E-state index contributed by atoms with van der Waals surface area (Å²) in [6, 6.07) is 12.8. The van der Waals surface area contributed by atoms with Crippen molar-refractivity contribution >= 4 is 35.0 Å². The SMILES string of the molecule is CC(C)c1ccc(C2/C(=C(\O)c3ccc(Cl)cc3)C(=O)C(=O)N2CCC(=O)O)cc1. The van der Waals surface area contributed by atoms with E-state index in [1.54, 1.807) is 36.4 Å². The van der Waals surface area contributed by atoms with E-state index in [9.17, 15) is 19.5 Å². The lowest BCUT2D eigenvalue weighted by Crippen LogP contribution is -2.31. The maximum absolute atomic E-state index is 12.8. The standard InChI is InChI=1S/C23H22ClNO5/c1-13(2)14-3-5-15(6-4-14)20-19(21(28)16-7-9-17(24)10-8-16)22(29)23(30)25(20)12-11-18(26)27/h3-10,13,20,28H,11-12H2,1-2H3,(H,26,27)/b21-19+. The van der Waals surface area contributed by atoms with Crippen molar-refractivity contribution in [1.82, 2.24) is 4.90 Å². The Bertz CT molecular complexity index is 1010. The number of hydrogen-bond donors (Lipinski definition) is 2. The maximum atomic E-state index is 12.8. The molecule has 0 radical (unpaired) electrons. The summed E-state index contributed by atoms with van der Waals surface area (Å²) in [6.45, 7) is 3.96. The summed E-state index contributed by atoms with van der Waals surface area (Å²) in [4.78, 5) is 37.8.